The number of aromatic nitrogens is 3. The predicted molar refractivity (Wildman–Crippen MR) is 179 cm³/mol. The molecule has 3 heterocycles. The van der Waals surface area contributed by atoms with Crippen molar-refractivity contribution in [2.45, 2.75) is 79.3 Å². The van der Waals surface area contributed by atoms with Gasteiger partial charge in [-0.2, -0.15) is 5.10 Å². The SMILES string of the molecule is CCCCN(CCCC)C(=O)c1cc(C)n(-c2ccc(NC(=O)c3oc(C)nc3C)cc2C(=O)N2Cc3ccccc3CC2CO)n1. The molecule has 3 amide bonds. The minimum atomic E-state index is -0.489. The van der Waals surface area contributed by atoms with Crippen LogP contribution in [0.2, 0.25) is 0 Å². The third-order valence-electron chi connectivity index (χ3n) is 8.61. The number of hydrogen-bond donors (Lipinski definition) is 2. The van der Waals surface area contributed by atoms with Crippen molar-refractivity contribution in [2.24, 2.45) is 0 Å². The molecule has 11 heteroatoms. The van der Waals surface area contributed by atoms with Crippen LogP contribution >= 0.6 is 0 Å². The van der Waals surface area contributed by atoms with E-state index in [4.69, 9.17) is 9.52 Å². The first kappa shape index (κ1) is 33.6. The molecule has 248 valence electrons. The van der Waals surface area contributed by atoms with E-state index in [9.17, 15) is 19.5 Å². The Morgan fingerprint density at radius 1 is 1.00 bits per heavy atom. The van der Waals surface area contributed by atoms with Gasteiger partial charge in [-0.1, -0.05) is 51.0 Å². The van der Waals surface area contributed by atoms with E-state index in [0.717, 1.165) is 36.8 Å². The summed E-state index contributed by atoms with van der Waals surface area (Å²) < 4.78 is 7.12. The Balaban J connectivity index is 1.55. The predicted octanol–water partition coefficient (Wildman–Crippen LogP) is 5.64. The minimum Gasteiger partial charge on any atom is -0.436 e. The van der Waals surface area contributed by atoms with Crippen LogP contribution < -0.4 is 5.32 Å². The Morgan fingerprint density at radius 3 is 2.34 bits per heavy atom. The zero-order valence-corrected chi connectivity index (χ0v) is 27.9. The van der Waals surface area contributed by atoms with Crippen molar-refractivity contribution in [1.82, 2.24) is 24.6 Å². The molecule has 11 nitrogen and oxygen atoms in total. The molecule has 1 unspecified atom stereocenters. The van der Waals surface area contributed by atoms with E-state index in [1.54, 1.807) is 47.7 Å². The maximum Gasteiger partial charge on any atom is 0.293 e. The van der Waals surface area contributed by atoms with Crippen LogP contribution in [-0.4, -0.2) is 73.1 Å². The van der Waals surface area contributed by atoms with Crippen LogP contribution in [0.4, 0.5) is 5.69 Å². The second kappa shape index (κ2) is 14.8. The number of carbonyl (C=O) groups is 3. The molecule has 2 N–H and O–H groups in total. The lowest BCUT2D eigenvalue weighted by Crippen LogP contribution is -2.46. The number of carbonyl (C=O) groups excluding carboxylic acids is 3. The average Bonchev–Trinajstić information content (AvgIpc) is 3.63. The number of oxazole rings is 1. The van der Waals surface area contributed by atoms with Gasteiger partial charge in [0.05, 0.1) is 29.6 Å². The van der Waals surface area contributed by atoms with E-state index in [1.165, 1.54) is 0 Å². The fraction of sp³-hybridized carbons (Fsp3) is 0.417. The van der Waals surface area contributed by atoms with Crippen LogP contribution in [0.5, 0.6) is 0 Å². The fourth-order valence-corrected chi connectivity index (χ4v) is 6.04. The minimum absolute atomic E-state index is 0.0919. The van der Waals surface area contributed by atoms with E-state index >= 15 is 0 Å². The highest BCUT2D eigenvalue weighted by Crippen LogP contribution is 2.29. The second-order valence-electron chi connectivity index (χ2n) is 12.2. The lowest BCUT2D eigenvalue weighted by atomic mass is 9.93. The highest BCUT2D eigenvalue weighted by atomic mass is 16.4. The monoisotopic (exact) mass is 640 g/mol. The Bertz CT molecular complexity index is 1750. The summed E-state index contributed by atoms with van der Waals surface area (Å²) in [6, 6.07) is 14.2. The number of fused-ring (bicyclic) bond motifs is 1. The summed E-state index contributed by atoms with van der Waals surface area (Å²) in [5.74, 6) is -0.490. The molecule has 47 heavy (non-hydrogen) atoms. The number of benzene rings is 2. The van der Waals surface area contributed by atoms with Gasteiger partial charge in [0.2, 0.25) is 5.76 Å². The van der Waals surface area contributed by atoms with Crippen LogP contribution in [0.3, 0.4) is 0 Å². The highest BCUT2D eigenvalue weighted by Gasteiger charge is 2.32. The molecule has 1 aliphatic heterocycles. The quantitative estimate of drug-likeness (QED) is 0.205. The smallest absolute Gasteiger partial charge is 0.293 e. The molecule has 4 aromatic rings. The Hall–Kier alpha value is -4.77. The first-order valence-corrected chi connectivity index (χ1v) is 16.4. The maximum absolute atomic E-state index is 14.5. The Morgan fingerprint density at radius 2 is 1.70 bits per heavy atom. The third-order valence-corrected chi connectivity index (χ3v) is 8.61. The van der Waals surface area contributed by atoms with Crippen LogP contribution in [0.1, 0.15) is 99.3 Å². The normalized spacial score (nSPS) is 14.2. The number of aliphatic hydroxyl groups is 1. The zero-order chi connectivity index (χ0) is 33.7. The van der Waals surface area contributed by atoms with Crippen molar-refractivity contribution in [3.63, 3.8) is 0 Å². The largest absolute Gasteiger partial charge is 0.436 e. The molecule has 0 aliphatic carbocycles. The first-order valence-electron chi connectivity index (χ1n) is 16.4. The molecule has 0 radical (unpaired) electrons. The van der Waals surface area contributed by atoms with Crippen molar-refractivity contribution < 1.29 is 23.9 Å². The molecule has 2 aromatic heterocycles. The molecule has 1 atom stereocenters. The van der Waals surface area contributed by atoms with Gasteiger partial charge >= 0.3 is 0 Å². The molecule has 0 saturated carbocycles. The topological polar surface area (TPSA) is 134 Å². The average molecular weight is 641 g/mol. The van der Waals surface area contributed by atoms with Gasteiger partial charge in [0.15, 0.2) is 11.6 Å². The number of unbranched alkanes of at least 4 members (excludes halogenated alkanes) is 2. The van der Waals surface area contributed by atoms with Crippen molar-refractivity contribution in [3.05, 3.63) is 94.0 Å². The number of nitrogens with zero attached hydrogens (tertiary/aromatic N) is 5. The number of hydrogen-bond acceptors (Lipinski definition) is 7. The number of anilines is 1. The van der Waals surface area contributed by atoms with Gasteiger partial charge in [-0.05, 0) is 68.5 Å². The van der Waals surface area contributed by atoms with Gasteiger partial charge in [0.1, 0.15) is 0 Å². The molecular weight excluding hydrogens is 596 g/mol. The third kappa shape index (κ3) is 7.30. The van der Waals surface area contributed by atoms with E-state index in [0.29, 0.717) is 60.4 Å². The summed E-state index contributed by atoms with van der Waals surface area (Å²) >= 11 is 0. The molecule has 5 rings (SSSR count). The molecule has 0 fully saturated rings. The summed E-state index contributed by atoms with van der Waals surface area (Å²) in [7, 11) is 0. The van der Waals surface area contributed by atoms with Gasteiger partial charge in [-0.25, -0.2) is 9.67 Å². The van der Waals surface area contributed by atoms with Crippen LogP contribution in [0.15, 0.2) is 52.9 Å². The standard InChI is InChI=1S/C36H44N6O5/c1-6-8-16-40(17-9-7-2)36(46)31-18-23(3)42(39-31)32-15-14-28(38-34(44)33-24(4)37-25(5)47-33)20-30(32)35(45)41-21-27-13-11-10-12-26(27)19-29(41)22-43/h10-15,18,20,29,43H,6-9,16-17,19,21-22H2,1-5H3,(H,38,44). The highest BCUT2D eigenvalue weighted by molar-refractivity contribution is 6.05. The van der Waals surface area contributed by atoms with Crippen LogP contribution in [-0.2, 0) is 13.0 Å². The summed E-state index contributed by atoms with van der Waals surface area (Å²) in [5.41, 5.74) is 4.65. The molecule has 2 aromatic carbocycles. The van der Waals surface area contributed by atoms with Gasteiger partial charge in [0.25, 0.3) is 17.7 Å². The summed E-state index contributed by atoms with van der Waals surface area (Å²) in [5, 5.41) is 17.9. The molecule has 1 aliphatic rings. The van der Waals surface area contributed by atoms with Gasteiger partial charge in [-0.15, -0.1) is 0 Å². The van der Waals surface area contributed by atoms with E-state index in [-0.39, 0.29) is 29.7 Å². The second-order valence-corrected chi connectivity index (χ2v) is 12.2. The Kier molecular flexibility index (Phi) is 10.6. The summed E-state index contributed by atoms with van der Waals surface area (Å²) in [6.07, 6.45) is 4.27. The maximum atomic E-state index is 14.5. The van der Waals surface area contributed by atoms with Crippen molar-refractivity contribution in [1.29, 1.82) is 0 Å². The fourth-order valence-electron chi connectivity index (χ4n) is 6.04. The lowest BCUT2D eigenvalue weighted by molar-refractivity contribution is 0.0544. The number of rotatable bonds is 12. The number of amides is 3. The van der Waals surface area contributed by atoms with Crippen LogP contribution in [0, 0.1) is 20.8 Å². The van der Waals surface area contributed by atoms with Gasteiger partial charge < -0.3 is 24.6 Å². The number of aryl methyl sites for hydroxylation is 3. The van der Waals surface area contributed by atoms with Crippen molar-refractivity contribution >= 4 is 23.4 Å². The molecule has 0 bridgehead atoms. The Labute approximate surface area is 275 Å². The van der Waals surface area contributed by atoms with E-state index in [1.807, 2.05) is 36.1 Å². The van der Waals surface area contributed by atoms with Gasteiger partial charge in [-0.3, -0.25) is 14.4 Å². The van der Waals surface area contributed by atoms with Crippen molar-refractivity contribution in [3.8, 4) is 5.69 Å². The van der Waals surface area contributed by atoms with E-state index < -0.39 is 11.9 Å². The summed E-state index contributed by atoms with van der Waals surface area (Å²) in [4.78, 5) is 49.0. The molecule has 0 spiro atoms. The number of nitrogens with one attached hydrogen (secondary N) is 1. The van der Waals surface area contributed by atoms with Gasteiger partial charge in [0, 0.05) is 37.9 Å². The molecular formula is C36H44N6O5. The number of aliphatic hydroxyl groups excluding tert-OH is 1. The zero-order valence-electron chi connectivity index (χ0n) is 27.9. The lowest BCUT2D eigenvalue weighted by Gasteiger charge is -2.36. The first-order chi connectivity index (χ1) is 22.6. The van der Waals surface area contributed by atoms with Crippen molar-refractivity contribution in [2.75, 3.05) is 25.0 Å². The summed E-state index contributed by atoms with van der Waals surface area (Å²) in [6.45, 7) is 10.8. The van der Waals surface area contributed by atoms with Crippen LogP contribution in [0.25, 0.3) is 5.69 Å². The van der Waals surface area contributed by atoms with E-state index in [2.05, 4.69) is 24.1 Å². The molecule has 0 saturated heterocycles.